The lowest BCUT2D eigenvalue weighted by Gasteiger charge is -2.29. The fourth-order valence-corrected chi connectivity index (χ4v) is 4.22. The Bertz CT molecular complexity index is 674. The third-order valence-corrected chi connectivity index (χ3v) is 5.66. The number of hydrogen-bond acceptors (Lipinski definition) is 6. The normalized spacial score (nSPS) is 13.7. The van der Waals surface area contributed by atoms with E-state index in [4.69, 9.17) is 0 Å². The molecule has 3 rings (SSSR count). The highest BCUT2D eigenvalue weighted by Crippen LogP contribution is 2.29. The first kappa shape index (κ1) is 16.3. The van der Waals surface area contributed by atoms with Crippen molar-refractivity contribution in [1.29, 1.82) is 0 Å². The molecule has 1 aromatic heterocycles. The number of benzene rings is 1. The summed E-state index contributed by atoms with van der Waals surface area (Å²) in [5.74, 6) is 0.539. The molecule has 2 heterocycles. The fraction of sp³-hybridized carbons (Fsp3) is 0.438. The Morgan fingerprint density at radius 3 is 3.13 bits per heavy atom. The second-order valence-corrected chi connectivity index (χ2v) is 7.57. The summed E-state index contributed by atoms with van der Waals surface area (Å²) < 4.78 is 0.835. The van der Waals surface area contributed by atoms with Crippen LogP contribution in [-0.4, -0.2) is 34.9 Å². The van der Waals surface area contributed by atoms with E-state index in [2.05, 4.69) is 28.5 Å². The van der Waals surface area contributed by atoms with Gasteiger partial charge < -0.3 is 10.2 Å². The highest BCUT2D eigenvalue weighted by atomic mass is 32.2. The Morgan fingerprint density at radius 2 is 2.26 bits per heavy atom. The number of para-hydroxylation sites is 1. The van der Waals surface area contributed by atoms with Gasteiger partial charge in [-0.2, -0.15) is 0 Å². The molecule has 0 fully saturated rings. The van der Waals surface area contributed by atoms with Gasteiger partial charge in [0.1, 0.15) is 0 Å². The number of anilines is 2. The highest BCUT2D eigenvalue weighted by molar-refractivity contribution is 8.01. The van der Waals surface area contributed by atoms with Gasteiger partial charge in [0.2, 0.25) is 11.0 Å². The largest absolute Gasteiger partial charge is 0.360 e. The molecule has 0 spiro atoms. The van der Waals surface area contributed by atoms with Gasteiger partial charge in [-0.1, -0.05) is 48.2 Å². The molecule has 0 unspecified atom stereocenters. The summed E-state index contributed by atoms with van der Waals surface area (Å²) in [5.41, 5.74) is 2.32. The van der Waals surface area contributed by atoms with Crippen LogP contribution in [0.4, 0.5) is 10.8 Å². The number of amides is 1. The summed E-state index contributed by atoms with van der Waals surface area (Å²) in [7, 11) is 0. The second-order valence-electron chi connectivity index (χ2n) is 5.37. The fourth-order valence-electron chi connectivity index (χ4n) is 2.57. The van der Waals surface area contributed by atoms with Gasteiger partial charge in [-0.3, -0.25) is 4.79 Å². The van der Waals surface area contributed by atoms with E-state index in [-0.39, 0.29) is 5.91 Å². The molecule has 0 saturated heterocycles. The van der Waals surface area contributed by atoms with Crippen LogP contribution < -0.4 is 10.2 Å². The SMILES string of the molecule is CCCNc1nnc(SCC(=O)N2CCCc3ccccc32)s1. The summed E-state index contributed by atoms with van der Waals surface area (Å²) in [4.78, 5) is 14.5. The zero-order valence-corrected chi connectivity index (χ0v) is 14.8. The van der Waals surface area contributed by atoms with Gasteiger partial charge in [0.15, 0.2) is 4.34 Å². The van der Waals surface area contributed by atoms with Crippen LogP contribution >= 0.6 is 23.1 Å². The van der Waals surface area contributed by atoms with Crippen LogP contribution in [0, 0.1) is 0 Å². The highest BCUT2D eigenvalue weighted by Gasteiger charge is 2.22. The van der Waals surface area contributed by atoms with Gasteiger partial charge in [-0.15, -0.1) is 10.2 Å². The summed E-state index contributed by atoms with van der Waals surface area (Å²) >= 11 is 2.97. The Morgan fingerprint density at radius 1 is 1.39 bits per heavy atom. The van der Waals surface area contributed by atoms with Crippen molar-refractivity contribution in [3.63, 3.8) is 0 Å². The van der Waals surface area contributed by atoms with E-state index >= 15 is 0 Å². The first-order valence-electron chi connectivity index (χ1n) is 7.86. The van der Waals surface area contributed by atoms with Crippen LogP contribution in [0.5, 0.6) is 0 Å². The molecule has 1 N–H and O–H groups in total. The monoisotopic (exact) mass is 348 g/mol. The minimum Gasteiger partial charge on any atom is -0.360 e. The third-order valence-electron chi connectivity index (χ3n) is 3.66. The van der Waals surface area contributed by atoms with Crippen LogP contribution in [0.2, 0.25) is 0 Å². The molecule has 1 amide bonds. The smallest absolute Gasteiger partial charge is 0.237 e. The summed E-state index contributed by atoms with van der Waals surface area (Å²) in [5, 5.41) is 12.3. The van der Waals surface area contributed by atoms with Gasteiger partial charge in [0, 0.05) is 18.8 Å². The predicted octanol–water partition coefficient (Wildman–Crippen LogP) is 3.43. The molecule has 7 heteroatoms. The molecule has 0 radical (unpaired) electrons. The lowest BCUT2D eigenvalue weighted by Crippen LogP contribution is -2.36. The Balaban J connectivity index is 1.59. The lowest BCUT2D eigenvalue weighted by molar-refractivity contribution is -0.116. The number of nitrogens with one attached hydrogen (secondary N) is 1. The molecular weight excluding hydrogens is 328 g/mol. The van der Waals surface area contributed by atoms with Crippen molar-refractivity contribution < 1.29 is 4.79 Å². The molecule has 1 aliphatic rings. The Kier molecular flexibility index (Phi) is 5.51. The first-order valence-corrected chi connectivity index (χ1v) is 9.66. The summed E-state index contributed by atoms with van der Waals surface area (Å²) in [6.45, 7) is 3.80. The van der Waals surface area contributed by atoms with E-state index in [1.54, 1.807) is 0 Å². The van der Waals surface area contributed by atoms with Crippen molar-refractivity contribution in [2.24, 2.45) is 0 Å². The molecule has 0 aliphatic carbocycles. The minimum atomic E-state index is 0.139. The molecule has 0 atom stereocenters. The maximum atomic E-state index is 12.6. The van der Waals surface area contributed by atoms with Crippen molar-refractivity contribution in [3.05, 3.63) is 29.8 Å². The van der Waals surface area contributed by atoms with Gasteiger partial charge in [0.05, 0.1) is 5.75 Å². The second kappa shape index (κ2) is 7.79. The zero-order chi connectivity index (χ0) is 16.1. The maximum Gasteiger partial charge on any atom is 0.237 e. The topological polar surface area (TPSA) is 58.1 Å². The Hall–Kier alpha value is -1.60. The predicted molar refractivity (Wildman–Crippen MR) is 96.5 cm³/mol. The number of thioether (sulfide) groups is 1. The standard InChI is InChI=1S/C16H20N4OS2/c1-2-9-17-15-18-19-16(23-15)22-11-14(21)20-10-5-7-12-6-3-4-8-13(12)20/h3-4,6,8H,2,5,7,9-11H2,1H3,(H,17,18). The molecule has 1 aromatic carbocycles. The number of nitrogens with zero attached hydrogens (tertiary/aromatic N) is 3. The lowest BCUT2D eigenvalue weighted by atomic mass is 10.0. The summed E-state index contributed by atoms with van der Waals surface area (Å²) in [6, 6.07) is 8.18. The average Bonchev–Trinajstić information content (AvgIpc) is 3.05. The number of rotatable bonds is 6. The number of fused-ring (bicyclic) bond motifs is 1. The van der Waals surface area contributed by atoms with Gasteiger partial charge in [0.25, 0.3) is 0 Å². The molecule has 2 aromatic rings. The zero-order valence-electron chi connectivity index (χ0n) is 13.1. The van der Waals surface area contributed by atoms with Crippen LogP contribution in [0.1, 0.15) is 25.3 Å². The Labute approximate surface area is 144 Å². The number of hydrogen-bond donors (Lipinski definition) is 1. The molecule has 23 heavy (non-hydrogen) atoms. The van der Waals surface area contributed by atoms with Crippen molar-refractivity contribution in [2.45, 2.75) is 30.5 Å². The third kappa shape index (κ3) is 4.03. The maximum absolute atomic E-state index is 12.6. The van der Waals surface area contributed by atoms with Gasteiger partial charge in [-0.25, -0.2) is 0 Å². The van der Waals surface area contributed by atoms with E-state index in [9.17, 15) is 4.79 Å². The van der Waals surface area contributed by atoms with Crippen molar-refractivity contribution in [2.75, 3.05) is 29.1 Å². The van der Waals surface area contributed by atoms with Crippen LogP contribution in [0.3, 0.4) is 0 Å². The van der Waals surface area contributed by atoms with E-state index in [0.717, 1.165) is 47.5 Å². The van der Waals surface area contributed by atoms with E-state index < -0.39 is 0 Å². The van der Waals surface area contributed by atoms with Gasteiger partial charge >= 0.3 is 0 Å². The van der Waals surface area contributed by atoms with Gasteiger partial charge in [-0.05, 0) is 30.9 Å². The van der Waals surface area contributed by atoms with Crippen LogP contribution in [0.25, 0.3) is 0 Å². The van der Waals surface area contributed by atoms with E-state index in [1.807, 2.05) is 23.1 Å². The average molecular weight is 348 g/mol. The van der Waals surface area contributed by atoms with E-state index in [1.165, 1.54) is 28.7 Å². The molecule has 122 valence electrons. The molecule has 5 nitrogen and oxygen atoms in total. The quantitative estimate of drug-likeness (QED) is 0.811. The van der Waals surface area contributed by atoms with Crippen LogP contribution in [0.15, 0.2) is 28.6 Å². The summed E-state index contributed by atoms with van der Waals surface area (Å²) in [6.07, 6.45) is 3.13. The van der Waals surface area contributed by atoms with Crippen LogP contribution in [-0.2, 0) is 11.2 Å². The number of aryl methyl sites for hydroxylation is 1. The molecule has 1 aliphatic heterocycles. The number of carbonyl (C=O) groups is 1. The number of carbonyl (C=O) groups excluding carboxylic acids is 1. The minimum absolute atomic E-state index is 0.139. The van der Waals surface area contributed by atoms with E-state index in [0.29, 0.717) is 5.75 Å². The molecular formula is C16H20N4OS2. The van der Waals surface area contributed by atoms with Crippen molar-refractivity contribution in [1.82, 2.24) is 10.2 Å². The van der Waals surface area contributed by atoms with Crippen molar-refractivity contribution >= 4 is 39.8 Å². The van der Waals surface area contributed by atoms with Crippen molar-refractivity contribution in [3.8, 4) is 0 Å². The number of aromatic nitrogens is 2. The molecule has 0 bridgehead atoms. The molecule has 0 saturated carbocycles. The first-order chi connectivity index (χ1) is 11.3.